The van der Waals surface area contributed by atoms with Crippen LogP contribution in [-0.4, -0.2) is 5.91 Å². The first-order valence-corrected chi connectivity index (χ1v) is 6.46. The van der Waals surface area contributed by atoms with Crippen molar-refractivity contribution in [1.82, 2.24) is 0 Å². The molecule has 0 aliphatic heterocycles. The topological polar surface area (TPSA) is 29.1 Å². The maximum atomic E-state index is 13.0. The highest BCUT2D eigenvalue weighted by atomic mass is 79.9. The quantitative estimate of drug-likeness (QED) is 0.764. The lowest BCUT2D eigenvalue weighted by Crippen LogP contribution is -2.13. The standard InChI is InChI=1S/C13H6BrClF3NO/c14-8-5-7(1-2-9(8)15)19-13(20)6-3-10(16)12(18)11(17)4-6/h1-5H,(H,19,20). The lowest BCUT2D eigenvalue weighted by atomic mass is 10.2. The second-order valence-electron chi connectivity index (χ2n) is 3.84. The van der Waals surface area contributed by atoms with Crippen LogP contribution in [-0.2, 0) is 0 Å². The average Bonchev–Trinajstić information content (AvgIpc) is 2.39. The Morgan fingerprint density at radius 3 is 2.25 bits per heavy atom. The number of nitrogens with one attached hydrogen (secondary N) is 1. The van der Waals surface area contributed by atoms with Gasteiger partial charge in [-0.25, -0.2) is 13.2 Å². The SMILES string of the molecule is O=C(Nc1ccc(Cl)c(Br)c1)c1cc(F)c(F)c(F)c1. The predicted molar refractivity (Wildman–Crippen MR) is 73.4 cm³/mol. The van der Waals surface area contributed by atoms with Crippen LogP contribution in [0.4, 0.5) is 18.9 Å². The molecule has 0 aromatic heterocycles. The highest BCUT2D eigenvalue weighted by Crippen LogP contribution is 2.26. The van der Waals surface area contributed by atoms with Crippen molar-refractivity contribution in [2.75, 3.05) is 5.32 Å². The van der Waals surface area contributed by atoms with Crippen LogP contribution in [0.15, 0.2) is 34.8 Å². The summed E-state index contributed by atoms with van der Waals surface area (Å²) >= 11 is 8.96. The molecule has 1 N–H and O–H groups in total. The minimum Gasteiger partial charge on any atom is -0.322 e. The van der Waals surface area contributed by atoms with Crippen molar-refractivity contribution < 1.29 is 18.0 Å². The van der Waals surface area contributed by atoms with E-state index in [4.69, 9.17) is 11.6 Å². The van der Waals surface area contributed by atoms with Gasteiger partial charge in [-0.15, -0.1) is 0 Å². The Labute approximate surface area is 125 Å². The Morgan fingerprint density at radius 2 is 1.70 bits per heavy atom. The van der Waals surface area contributed by atoms with E-state index in [9.17, 15) is 18.0 Å². The number of rotatable bonds is 2. The minimum atomic E-state index is -1.62. The van der Waals surface area contributed by atoms with Gasteiger partial charge in [0.1, 0.15) is 0 Å². The van der Waals surface area contributed by atoms with Crippen LogP contribution in [0.2, 0.25) is 5.02 Å². The zero-order valence-electron chi connectivity index (χ0n) is 9.68. The van der Waals surface area contributed by atoms with Crippen molar-refractivity contribution in [3.8, 4) is 0 Å². The third kappa shape index (κ3) is 3.13. The fraction of sp³-hybridized carbons (Fsp3) is 0. The maximum Gasteiger partial charge on any atom is 0.255 e. The third-order valence-electron chi connectivity index (χ3n) is 2.42. The molecular formula is C13H6BrClF3NO. The van der Waals surface area contributed by atoms with Gasteiger partial charge >= 0.3 is 0 Å². The highest BCUT2D eigenvalue weighted by molar-refractivity contribution is 9.10. The number of benzene rings is 2. The number of hydrogen-bond acceptors (Lipinski definition) is 1. The Bertz CT molecular complexity index is 670. The summed E-state index contributed by atoms with van der Waals surface area (Å²) in [5.41, 5.74) is 0.0453. The van der Waals surface area contributed by atoms with Crippen LogP contribution >= 0.6 is 27.5 Å². The summed E-state index contributed by atoms with van der Waals surface area (Å²) in [5, 5.41) is 2.86. The van der Waals surface area contributed by atoms with Gasteiger partial charge in [0, 0.05) is 15.7 Å². The molecule has 2 rings (SSSR count). The van der Waals surface area contributed by atoms with E-state index in [2.05, 4.69) is 21.2 Å². The van der Waals surface area contributed by atoms with Crippen molar-refractivity contribution in [3.63, 3.8) is 0 Å². The number of anilines is 1. The molecule has 0 unspecified atom stereocenters. The molecule has 0 atom stereocenters. The molecule has 0 aliphatic carbocycles. The van der Waals surface area contributed by atoms with E-state index in [1.165, 1.54) is 18.2 Å². The number of carbonyl (C=O) groups excluding carboxylic acids is 1. The molecule has 0 bridgehead atoms. The van der Waals surface area contributed by atoms with Crippen LogP contribution in [0.3, 0.4) is 0 Å². The lowest BCUT2D eigenvalue weighted by molar-refractivity contribution is 0.102. The van der Waals surface area contributed by atoms with E-state index >= 15 is 0 Å². The van der Waals surface area contributed by atoms with Crippen molar-refractivity contribution in [1.29, 1.82) is 0 Å². The first-order chi connectivity index (χ1) is 9.38. The fourth-order valence-electron chi connectivity index (χ4n) is 1.46. The van der Waals surface area contributed by atoms with E-state index in [-0.39, 0.29) is 5.56 Å². The smallest absolute Gasteiger partial charge is 0.255 e. The van der Waals surface area contributed by atoms with Gasteiger partial charge in [0.05, 0.1) is 5.02 Å². The molecule has 2 nitrogen and oxygen atoms in total. The van der Waals surface area contributed by atoms with E-state index in [1.54, 1.807) is 0 Å². The zero-order chi connectivity index (χ0) is 14.9. The van der Waals surface area contributed by atoms with Gasteiger partial charge in [-0.05, 0) is 46.3 Å². The first-order valence-electron chi connectivity index (χ1n) is 5.29. The normalized spacial score (nSPS) is 10.4. The average molecular weight is 365 g/mol. The van der Waals surface area contributed by atoms with Crippen LogP contribution in [0.1, 0.15) is 10.4 Å². The van der Waals surface area contributed by atoms with Crippen molar-refractivity contribution >= 4 is 39.1 Å². The third-order valence-corrected chi connectivity index (χ3v) is 3.64. The van der Waals surface area contributed by atoms with E-state index in [1.807, 2.05) is 0 Å². The molecule has 0 heterocycles. The summed E-state index contributed by atoms with van der Waals surface area (Å²) in [7, 11) is 0. The summed E-state index contributed by atoms with van der Waals surface area (Å²) in [6, 6.07) is 5.82. The molecule has 7 heteroatoms. The van der Waals surface area contributed by atoms with Gasteiger partial charge in [0.25, 0.3) is 5.91 Å². The summed E-state index contributed by atoms with van der Waals surface area (Å²) in [6.45, 7) is 0. The molecule has 0 aliphatic rings. The van der Waals surface area contributed by atoms with Crippen molar-refractivity contribution in [3.05, 3.63) is 62.8 Å². The van der Waals surface area contributed by atoms with Gasteiger partial charge in [-0.3, -0.25) is 4.79 Å². The Hall–Kier alpha value is -1.53. The molecule has 2 aromatic rings. The van der Waals surface area contributed by atoms with Crippen molar-refractivity contribution in [2.45, 2.75) is 0 Å². The minimum absolute atomic E-state index is 0.326. The molecule has 20 heavy (non-hydrogen) atoms. The Balaban J connectivity index is 2.26. The van der Waals surface area contributed by atoms with E-state index in [0.29, 0.717) is 27.3 Å². The van der Waals surface area contributed by atoms with E-state index in [0.717, 1.165) is 0 Å². The van der Waals surface area contributed by atoms with Gasteiger partial charge < -0.3 is 5.32 Å². The largest absolute Gasteiger partial charge is 0.322 e. The zero-order valence-corrected chi connectivity index (χ0v) is 12.0. The maximum absolute atomic E-state index is 13.0. The summed E-state index contributed by atoms with van der Waals surface area (Å²) < 4.78 is 39.4. The van der Waals surface area contributed by atoms with Gasteiger partial charge in [-0.2, -0.15) is 0 Å². The molecule has 0 saturated carbocycles. The summed E-state index contributed by atoms with van der Waals surface area (Å²) in [4.78, 5) is 11.8. The number of carbonyl (C=O) groups is 1. The molecule has 1 amide bonds. The van der Waals surface area contributed by atoms with Crippen LogP contribution in [0, 0.1) is 17.5 Å². The molecule has 104 valence electrons. The molecule has 0 fully saturated rings. The molecule has 0 saturated heterocycles. The first kappa shape index (κ1) is 14.9. The molecular weight excluding hydrogens is 358 g/mol. The van der Waals surface area contributed by atoms with Gasteiger partial charge in [-0.1, -0.05) is 11.6 Å². The molecule has 0 spiro atoms. The second-order valence-corrected chi connectivity index (χ2v) is 5.10. The van der Waals surface area contributed by atoms with Gasteiger partial charge in [0.2, 0.25) is 0 Å². The second kappa shape index (κ2) is 5.85. The summed E-state index contributed by atoms with van der Waals surface area (Å²) in [5.74, 6) is -5.23. The van der Waals surface area contributed by atoms with Crippen LogP contribution in [0.5, 0.6) is 0 Å². The van der Waals surface area contributed by atoms with Crippen molar-refractivity contribution in [2.24, 2.45) is 0 Å². The van der Waals surface area contributed by atoms with E-state index < -0.39 is 23.4 Å². The summed E-state index contributed by atoms with van der Waals surface area (Å²) in [6.07, 6.45) is 0. The fourth-order valence-corrected chi connectivity index (χ4v) is 1.96. The predicted octanol–water partition coefficient (Wildman–Crippen LogP) is 4.77. The monoisotopic (exact) mass is 363 g/mol. The Kier molecular flexibility index (Phi) is 4.35. The highest BCUT2D eigenvalue weighted by Gasteiger charge is 2.15. The number of halogens is 5. The number of hydrogen-bond donors (Lipinski definition) is 1. The van der Waals surface area contributed by atoms with Gasteiger partial charge in [0.15, 0.2) is 17.5 Å². The molecule has 0 radical (unpaired) electrons. The lowest BCUT2D eigenvalue weighted by Gasteiger charge is -2.07. The Morgan fingerprint density at radius 1 is 1.10 bits per heavy atom. The molecule has 2 aromatic carbocycles. The van der Waals surface area contributed by atoms with Crippen LogP contribution in [0.25, 0.3) is 0 Å². The van der Waals surface area contributed by atoms with Crippen LogP contribution < -0.4 is 5.32 Å². The number of amides is 1.